The minimum atomic E-state index is -3.78. The number of β-amino-alcohol motifs (C(OH)–C–C–N with tert-alkyl or cyclic N) is 1. The first-order valence-corrected chi connectivity index (χ1v) is 11.2. The van der Waals surface area contributed by atoms with Gasteiger partial charge in [-0.25, -0.2) is 22.8 Å². The first-order chi connectivity index (χ1) is 14.9. The number of halogens is 1. The highest BCUT2D eigenvalue weighted by atomic mass is 32.2. The molecule has 31 heavy (non-hydrogen) atoms. The molecule has 7 nitrogen and oxygen atoms in total. The van der Waals surface area contributed by atoms with E-state index in [1.54, 1.807) is 36.5 Å². The lowest BCUT2D eigenvalue weighted by atomic mass is 9.96. The minimum Gasteiger partial charge on any atom is -0.384 e. The van der Waals surface area contributed by atoms with Gasteiger partial charge in [0.1, 0.15) is 17.7 Å². The SMILES string of the molecule is O=S(=O)(c1ccc(-c2c[nH]c3cc(F)ccc23)cc1)N1CCC(O)(c2cncnc2)C1. The van der Waals surface area contributed by atoms with E-state index in [1.807, 2.05) is 0 Å². The van der Waals surface area contributed by atoms with Crippen LogP contribution in [0.15, 0.2) is 72.3 Å². The summed E-state index contributed by atoms with van der Waals surface area (Å²) in [7, 11) is -3.78. The van der Waals surface area contributed by atoms with Gasteiger partial charge >= 0.3 is 0 Å². The smallest absolute Gasteiger partial charge is 0.243 e. The fraction of sp³-hybridized carbons (Fsp3) is 0.182. The van der Waals surface area contributed by atoms with Gasteiger partial charge in [-0.1, -0.05) is 12.1 Å². The molecule has 0 aliphatic carbocycles. The predicted molar refractivity (Wildman–Crippen MR) is 113 cm³/mol. The lowest BCUT2D eigenvalue weighted by Gasteiger charge is -2.23. The van der Waals surface area contributed by atoms with Crippen LogP contribution in [-0.2, 0) is 15.6 Å². The molecule has 0 spiro atoms. The second kappa shape index (κ2) is 7.23. The third-order valence-electron chi connectivity index (χ3n) is 5.76. The predicted octanol–water partition coefficient (Wildman–Crippen LogP) is 3.05. The molecule has 0 saturated carbocycles. The maximum atomic E-state index is 13.4. The number of aromatic nitrogens is 3. The summed E-state index contributed by atoms with van der Waals surface area (Å²) in [6, 6.07) is 11.1. The van der Waals surface area contributed by atoms with Gasteiger partial charge in [-0.15, -0.1) is 0 Å². The van der Waals surface area contributed by atoms with Crippen LogP contribution in [0.4, 0.5) is 4.39 Å². The van der Waals surface area contributed by atoms with Crippen LogP contribution in [0, 0.1) is 5.82 Å². The zero-order chi connectivity index (χ0) is 21.6. The molecule has 0 amide bonds. The third-order valence-corrected chi connectivity index (χ3v) is 7.62. The number of aliphatic hydroxyl groups is 1. The summed E-state index contributed by atoms with van der Waals surface area (Å²) in [5.74, 6) is -0.324. The third kappa shape index (κ3) is 3.40. The molecule has 3 heterocycles. The molecular formula is C22H19FN4O3S. The van der Waals surface area contributed by atoms with Crippen molar-refractivity contribution in [1.29, 1.82) is 0 Å². The maximum absolute atomic E-state index is 13.4. The Hall–Kier alpha value is -3.14. The van der Waals surface area contributed by atoms with Gasteiger partial charge in [0.15, 0.2) is 0 Å². The van der Waals surface area contributed by atoms with Crippen LogP contribution in [0.2, 0.25) is 0 Å². The molecule has 1 unspecified atom stereocenters. The van der Waals surface area contributed by atoms with Crippen molar-refractivity contribution in [3.63, 3.8) is 0 Å². The first kappa shape index (κ1) is 19.8. The van der Waals surface area contributed by atoms with Crippen molar-refractivity contribution in [2.75, 3.05) is 13.1 Å². The van der Waals surface area contributed by atoms with Crippen molar-refractivity contribution >= 4 is 20.9 Å². The molecule has 2 aromatic carbocycles. The van der Waals surface area contributed by atoms with Gasteiger partial charge in [0.2, 0.25) is 10.0 Å². The number of nitrogens with one attached hydrogen (secondary N) is 1. The fourth-order valence-electron chi connectivity index (χ4n) is 4.03. The molecule has 158 valence electrons. The number of sulfonamides is 1. The molecule has 0 bridgehead atoms. The van der Waals surface area contributed by atoms with Crippen molar-refractivity contribution in [2.45, 2.75) is 16.9 Å². The van der Waals surface area contributed by atoms with E-state index in [0.717, 1.165) is 16.5 Å². The van der Waals surface area contributed by atoms with Crippen molar-refractivity contribution in [3.05, 3.63) is 78.8 Å². The van der Waals surface area contributed by atoms with Gasteiger partial charge in [0.05, 0.1) is 4.90 Å². The van der Waals surface area contributed by atoms with Crippen LogP contribution < -0.4 is 0 Å². The van der Waals surface area contributed by atoms with Crippen LogP contribution in [-0.4, -0.2) is 45.9 Å². The molecule has 2 N–H and O–H groups in total. The fourth-order valence-corrected chi connectivity index (χ4v) is 5.53. The van der Waals surface area contributed by atoms with Crippen LogP contribution in [0.5, 0.6) is 0 Å². The van der Waals surface area contributed by atoms with Gasteiger partial charge in [-0.3, -0.25) is 0 Å². The van der Waals surface area contributed by atoms with Crippen molar-refractivity contribution in [3.8, 4) is 11.1 Å². The van der Waals surface area contributed by atoms with Crippen molar-refractivity contribution in [1.82, 2.24) is 19.3 Å². The molecule has 9 heteroatoms. The zero-order valence-electron chi connectivity index (χ0n) is 16.4. The summed E-state index contributed by atoms with van der Waals surface area (Å²) in [6.07, 6.45) is 6.41. The molecular weight excluding hydrogens is 419 g/mol. The van der Waals surface area contributed by atoms with E-state index in [-0.39, 0.29) is 30.2 Å². The topological polar surface area (TPSA) is 99.2 Å². The van der Waals surface area contributed by atoms with E-state index >= 15 is 0 Å². The Balaban J connectivity index is 1.41. The first-order valence-electron chi connectivity index (χ1n) is 9.72. The molecule has 1 fully saturated rings. The summed E-state index contributed by atoms with van der Waals surface area (Å²) in [5.41, 5.74) is 1.54. The van der Waals surface area contributed by atoms with Crippen LogP contribution in [0.1, 0.15) is 12.0 Å². The minimum absolute atomic E-state index is 0.0571. The Bertz CT molecular complexity index is 1360. The van der Waals surface area contributed by atoms with Crippen molar-refractivity contribution in [2.24, 2.45) is 0 Å². The van der Waals surface area contributed by atoms with Gasteiger partial charge in [0, 0.05) is 53.7 Å². The van der Waals surface area contributed by atoms with Gasteiger partial charge in [-0.2, -0.15) is 4.31 Å². The molecule has 1 aliphatic heterocycles. The Labute approximate surface area is 178 Å². The van der Waals surface area contributed by atoms with Crippen LogP contribution >= 0.6 is 0 Å². The highest BCUT2D eigenvalue weighted by molar-refractivity contribution is 7.89. The summed E-state index contributed by atoms with van der Waals surface area (Å²) in [4.78, 5) is 11.0. The number of benzene rings is 2. The second-order valence-electron chi connectivity index (χ2n) is 7.66. The van der Waals surface area contributed by atoms with Crippen molar-refractivity contribution < 1.29 is 17.9 Å². The van der Waals surface area contributed by atoms with E-state index in [4.69, 9.17) is 0 Å². The monoisotopic (exact) mass is 438 g/mol. The average molecular weight is 438 g/mol. The van der Waals surface area contributed by atoms with Gasteiger partial charge < -0.3 is 10.1 Å². The zero-order valence-corrected chi connectivity index (χ0v) is 17.2. The molecule has 5 rings (SSSR count). The standard InChI is InChI=1S/C22H19FN4O3S/c23-17-3-6-19-20(12-26-21(19)9-17)15-1-4-18(5-2-15)31(29,30)27-8-7-22(28,13-27)16-10-24-14-25-11-16/h1-6,9-12,14,26,28H,7-8,13H2. The Morgan fingerprint density at radius 3 is 2.58 bits per heavy atom. The molecule has 1 aliphatic rings. The van der Waals surface area contributed by atoms with E-state index in [0.29, 0.717) is 11.1 Å². The number of hydrogen-bond donors (Lipinski definition) is 2. The molecule has 1 saturated heterocycles. The summed E-state index contributed by atoms with van der Waals surface area (Å²) >= 11 is 0. The molecule has 1 atom stereocenters. The quantitative estimate of drug-likeness (QED) is 0.510. The van der Waals surface area contributed by atoms with Crippen LogP contribution in [0.3, 0.4) is 0 Å². The number of rotatable bonds is 4. The largest absolute Gasteiger partial charge is 0.384 e. The number of fused-ring (bicyclic) bond motifs is 1. The van der Waals surface area contributed by atoms with E-state index in [1.165, 1.54) is 35.2 Å². The normalized spacial score (nSPS) is 19.8. The maximum Gasteiger partial charge on any atom is 0.243 e. The Morgan fingerprint density at radius 1 is 1.10 bits per heavy atom. The van der Waals surface area contributed by atoms with Gasteiger partial charge in [0.25, 0.3) is 0 Å². The summed E-state index contributed by atoms with van der Waals surface area (Å²) < 4.78 is 41.0. The highest BCUT2D eigenvalue weighted by Gasteiger charge is 2.43. The van der Waals surface area contributed by atoms with E-state index in [9.17, 15) is 17.9 Å². The highest BCUT2D eigenvalue weighted by Crippen LogP contribution is 2.35. The van der Waals surface area contributed by atoms with Crippen LogP contribution in [0.25, 0.3) is 22.0 Å². The Kier molecular flexibility index (Phi) is 4.62. The number of hydrogen-bond acceptors (Lipinski definition) is 5. The molecule has 4 aromatic rings. The number of nitrogens with zero attached hydrogens (tertiary/aromatic N) is 3. The number of H-pyrrole nitrogens is 1. The Morgan fingerprint density at radius 2 is 1.84 bits per heavy atom. The molecule has 2 aromatic heterocycles. The second-order valence-corrected chi connectivity index (χ2v) is 9.60. The average Bonchev–Trinajstić information content (AvgIpc) is 3.39. The van der Waals surface area contributed by atoms with E-state index < -0.39 is 15.6 Å². The lowest BCUT2D eigenvalue weighted by Crippen LogP contribution is -2.34. The van der Waals surface area contributed by atoms with E-state index in [2.05, 4.69) is 15.0 Å². The van der Waals surface area contributed by atoms with Gasteiger partial charge in [-0.05, 0) is 42.3 Å². The molecule has 0 radical (unpaired) electrons. The lowest BCUT2D eigenvalue weighted by molar-refractivity contribution is 0.0523. The summed E-state index contributed by atoms with van der Waals surface area (Å²) in [6.45, 7) is 0.141. The number of aromatic amines is 1. The summed E-state index contributed by atoms with van der Waals surface area (Å²) in [5, 5.41) is 11.8.